The third kappa shape index (κ3) is 2.31. The van der Waals surface area contributed by atoms with Crippen molar-refractivity contribution in [1.82, 2.24) is 0 Å². The van der Waals surface area contributed by atoms with E-state index in [1.54, 1.807) is 0 Å². The van der Waals surface area contributed by atoms with Crippen LogP contribution in [0.1, 0.15) is 58.8 Å². The van der Waals surface area contributed by atoms with Crippen molar-refractivity contribution in [3.05, 3.63) is 11.6 Å². The fourth-order valence-corrected chi connectivity index (χ4v) is 7.13. The summed E-state index contributed by atoms with van der Waals surface area (Å²) in [6.07, 6.45) is 7.13. The molecule has 0 bridgehead atoms. The van der Waals surface area contributed by atoms with Crippen LogP contribution in [0.5, 0.6) is 0 Å². The minimum atomic E-state index is -1.04. The fraction of sp³-hybridized carbons (Fsp3) is 0.810. The molecule has 0 aliphatic heterocycles. The molecule has 0 amide bonds. The largest absolute Gasteiger partial charge is 0.392 e. The zero-order chi connectivity index (χ0) is 18.0. The van der Waals surface area contributed by atoms with E-state index in [0.29, 0.717) is 18.8 Å². The molecule has 3 saturated carbocycles. The van der Waals surface area contributed by atoms with E-state index in [2.05, 4.69) is 25.1 Å². The van der Waals surface area contributed by atoms with E-state index in [4.69, 9.17) is 11.6 Å². The van der Waals surface area contributed by atoms with Crippen molar-refractivity contribution in [2.24, 2.45) is 28.6 Å². The Morgan fingerprint density at radius 3 is 2.52 bits per heavy atom. The molecule has 0 aromatic rings. The van der Waals surface area contributed by atoms with Crippen molar-refractivity contribution in [2.75, 3.05) is 0 Å². The highest BCUT2D eigenvalue weighted by Gasteiger charge is 2.65. The Morgan fingerprint density at radius 1 is 1.08 bits per heavy atom. The minimum absolute atomic E-state index is 0.0727. The summed E-state index contributed by atoms with van der Waals surface area (Å²) in [5.74, 6) is 3.77. The van der Waals surface area contributed by atoms with Crippen LogP contribution in [0.4, 0.5) is 0 Å². The van der Waals surface area contributed by atoms with Gasteiger partial charge in [-0.05, 0) is 79.7 Å². The van der Waals surface area contributed by atoms with Gasteiger partial charge in [0.05, 0.1) is 12.2 Å². The molecule has 0 unspecified atom stereocenters. The maximum atomic E-state index is 11.2. The average molecular weight is 365 g/mol. The second kappa shape index (κ2) is 5.73. The molecule has 0 spiro atoms. The molecule has 4 heteroatoms. The second-order valence-electron chi connectivity index (χ2n) is 9.35. The molecule has 3 nitrogen and oxygen atoms in total. The van der Waals surface area contributed by atoms with Crippen molar-refractivity contribution in [2.45, 2.75) is 76.6 Å². The summed E-state index contributed by atoms with van der Waals surface area (Å²) in [5, 5.41) is 34.7. The highest BCUT2D eigenvalue weighted by molar-refractivity contribution is 6.30. The first kappa shape index (κ1) is 17.9. The molecule has 4 rings (SSSR count). The molecule has 138 valence electrons. The van der Waals surface area contributed by atoms with Gasteiger partial charge >= 0.3 is 0 Å². The summed E-state index contributed by atoms with van der Waals surface area (Å²) < 4.78 is 0. The van der Waals surface area contributed by atoms with Gasteiger partial charge in [-0.1, -0.05) is 31.4 Å². The van der Waals surface area contributed by atoms with Gasteiger partial charge in [0.15, 0.2) is 0 Å². The van der Waals surface area contributed by atoms with E-state index in [1.165, 1.54) is 5.57 Å². The molecular formula is C21H29ClO3. The van der Waals surface area contributed by atoms with E-state index in [0.717, 1.165) is 32.1 Å². The molecule has 4 aliphatic carbocycles. The molecule has 0 heterocycles. The lowest BCUT2D eigenvalue weighted by Gasteiger charge is -2.60. The number of rotatable bonds is 0. The van der Waals surface area contributed by atoms with Gasteiger partial charge in [0.25, 0.3) is 0 Å². The highest BCUT2D eigenvalue weighted by atomic mass is 35.5. The van der Waals surface area contributed by atoms with Gasteiger partial charge in [-0.2, -0.15) is 0 Å². The number of hydrogen-bond donors (Lipinski definition) is 3. The van der Waals surface area contributed by atoms with Gasteiger partial charge in [-0.25, -0.2) is 0 Å². The van der Waals surface area contributed by atoms with E-state index < -0.39 is 11.7 Å². The van der Waals surface area contributed by atoms with Gasteiger partial charge < -0.3 is 15.3 Å². The van der Waals surface area contributed by atoms with Crippen LogP contribution >= 0.6 is 11.6 Å². The van der Waals surface area contributed by atoms with Crippen molar-refractivity contribution in [1.29, 1.82) is 0 Å². The Morgan fingerprint density at radius 2 is 1.80 bits per heavy atom. The topological polar surface area (TPSA) is 60.7 Å². The van der Waals surface area contributed by atoms with Gasteiger partial charge in [-0.3, -0.25) is 0 Å². The Bertz CT molecular complexity index is 664. The molecule has 0 aromatic carbocycles. The Balaban J connectivity index is 1.73. The van der Waals surface area contributed by atoms with Gasteiger partial charge in [0.2, 0.25) is 0 Å². The number of aliphatic hydroxyl groups is 3. The first-order chi connectivity index (χ1) is 11.7. The summed E-state index contributed by atoms with van der Waals surface area (Å²) in [5.41, 5.74) is -0.0202. The molecular weight excluding hydrogens is 336 g/mol. The van der Waals surface area contributed by atoms with Crippen molar-refractivity contribution in [3.63, 3.8) is 0 Å². The van der Waals surface area contributed by atoms with E-state index in [9.17, 15) is 15.3 Å². The van der Waals surface area contributed by atoms with E-state index in [-0.39, 0.29) is 28.8 Å². The highest BCUT2D eigenvalue weighted by Crippen LogP contribution is 2.67. The number of halogens is 1. The molecule has 3 fully saturated rings. The summed E-state index contributed by atoms with van der Waals surface area (Å²) in [4.78, 5) is 0. The monoisotopic (exact) mass is 364 g/mol. The van der Waals surface area contributed by atoms with Gasteiger partial charge in [-0.15, -0.1) is 0 Å². The molecule has 0 radical (unpaired) electrons. The second-order valence-corrected chi connectivity index (χ2v) is 9.54. The lowest BCUT2D eigenvalue weighted by molar-refractivity contribution is -0.136. The van der Waals surface area contributed by atoms with Crippen LogP contribution < -0.4 is 0 Å². The van der Waals surface area contributed by atoms with Crippen LogP contribution in [0.15, 0.2) is 11.6 Å². The van der Waals surface area contributed by atoms with Crippen LogP contribution in [-0.4, -0.2) is 33.1 Å². The fourth-order valence-electron chi connectivity index (χ4n) is 6.98. The van der Waals surface area contributed by atoms with Crippen LogP contribution in [0, 0.1) is 39.9 Å². The normalized spacial score (nSPS) is 54.5. The predicted molar refractivity (Wildman–Crippen MR) is 97.7 cm³/mol. The molecule has 0 saturated heterocycles. The lowest BCUT2D eigenvalue weighted by atomic mass is 9.45. The summed E-state index contributed by atoms with van der Waals surface area (Å²) >= 11 is 5.66. The van der Waals surface area contributed by atoms with Crippen molar-refractivity contribution in [3.8, 4) is 11.3 Å². The number of aliphatic hydroxyl groups excluding tert-OH is 2. The molecule has 3 N–H and O–H groups in total. The third-order valence-corrected chi connectivity index (χ3v) is 8.61. The third-order valence-electron chi connectivity index (χ3n) is 8.52. The van der Waals surface area contributed by atoms with Crippen LogP contribution in [0.3, 0.4) is 0 Å². The molecule has 8 atom stereocenters. The quantitative estimate of drug-likeness (QED) is 0.457. The Hall–Kier alpha value is -0.530. The molecule has 0 aromatic heterocycles. The summed E-state index contributed by atoms with van der Waals surface area (Å²) in [6.45, 7) is 4.48. The van der Waals surface area contributed by atoms with Crippen molar-refractivity contribution < 1.29 is 15.3 Å². The maximum absolute atomic E-state index is 11.2. The zero-order valence-corrected chi connectivity index (χ0v) is 15.9. The minimum Gasteiger partial charge on any atom is -0.392 e. The van der Waals surface area contributed by atoms with Crippen molar-refractivity contribution >= 4 is 11.6 Å². The van der Waals surface area contributed by atoms with E-state index >= 15 is 0 Å². The van der Waals surface area contributed by atoms with Gasteiger partial charge in [0.1, 0.15) is 5.60 Å². The number of fused-ring (bicyclic) bond motifs is 5. The zero-order valence-electron chi connectivity index (χ0n) is 15.1. The first-order valence-corrected chi connectivity index (χ1v) is 10.1. The average Bonchev–Trinajstić information content (AvgIpc) is 2.81. The maximum Gasteiger partial charge on any atom is 0.132 e. The Labute approximate surface area is 155 Å². The summed E-state index contributed by atoms with van der Waals surface area (Å²) in [7, 11) is 0. The summed E-state index contributed by atoms with van der Waals surface area (Å²) in [6, 6.07) is 0. The lowest BCUT2D eigenvalue weighted by Crippen LogP contribution is -2.58. The SMILES string of the molecule is C[C@]12CC[C@H](O)C=C1C[C@H](O)[C@@H]1[C@@H]2CC[C@@]2(C)[C@H]1CC[C@@]2(O)C#CCl. The van der Waals surface area contributed by atoms with Crippen LogP contribution in [0.25, 0.3) is 0 Å². The molecule has 25 heavy (non-hydrogen) atoms. The number of hydrogen-bond acceptors (Lipinski definition) is 3. The van der Waals surface area contributed by atoms with E-state index in [1.807, 2.05) is 6.08 Å². The van der Waals surface area contributed by atoms with Crippen LogP contribution in [0.2, 0.25) is 0 Å². The standard InChI is InChI=1S/C21H29ClO3/c1-19-6-3-14(23)11-13(19)12-17(24)18-15(19)4-7-20(2)16(18)5-8-21(20,25)9-10-22/h11,14-18,23-25H,3-8,12H2,1-2H3/t14-,15-,16-,17-,18+,19-,20-,21+/m0/s1. The molecule has 4 aliphatic rings. The predicted octanol–water partition coefficient (Wildman–Crippen LogP) is 3.21. The smallest absolute Gasteiger partial charge is 0.132 e. The Kier molecular flexibility index (Phi) is 4.10. The van der Waals surface area contributed by atoms with Gasteiger partial charge in [0, 0.05) is 10.8 Å². The first-order valence-electron chi connectivity index (χ1n) is 9.68. The van der Waals surface area contributed by atoms with Crippen LogP contribution in [-0.2, 0) is 0 Å².